The maximum absolute atomic E-state index is 11.9. The van der Waals surface area contributed by atoms with Gasteiger partial charge < -0.3 is 5.32 Å². The smallest absolute Gasteiger partial charge is 0.221 e. The molecule has 1 aromatic carbocycles. The first-order valence-electron chi connectivity index (χ1n) is 4.84. The molecule has 2 rings (SSSR count). The SMILES string of the molecule is CC(=O)NC1=C(C(=O)c2ccccc2)N=C1. The van der Waals surface area contributed by atoms with E-state index in [9.17, 15) is 9.59 Å². The molecular weight excluding hydrogens is 204 g/mol. The van der Waals surface area contributed by atoms with Gasteiger partial charge in [-0.1, -0.05) is 30.3 Å². The second-order valence-corrected chi connectivity index (χ2v) is 3.40. The molecular formula is C12H10N2O2. The third kappa shape index (κ3) is 1.91. The Hall–Kier alpha value is -2.23. The summed E-state index contributed by atoms with van der Waals surface area (Å²) in [6.45, 7) is 1.39. The highest BCUT2D eigenvalue weighted by molar-refractivity contribution is 6.16. The first-order valence-corrected chi connectivity index (χ1v) is 4.84. The van der Waals surface area contributed by atoms with Crippen LogP contribution in [0.5, 0.6) is 0 Å². The Kier molecular flexibility index (Phi) is 2.64. The Labute approximate surface area is 92.7 Å². The minimum Gasteiger partial charge on any atom is -0.323 e. The van der Waals surface area contributed by atoms with Crippen LogP contribution in [0.4, 0.5) is 0 Å². The highest BCUT2D eigenvalue weighted by Crippen LogP contribution is 2.17. The standard InChI is InChI=1S/C12H10N2O2/c1-8(15)14-10-7-13-11(10)12(16)9-5-3-2-4-6-9/h2-7H,1H3,(H,14,15). The Morgan fingerprint density at radius 3 is 2.38 bits per heavy atom. The predicted molar refractivity (Wildman–Crippen MR) is 60.1 cm³/mol. The maximum Gasteiger partial charge on any atom is 0.221 e. The second-order valence-electron chi connectivity index (χ2n) is 3.40. The van der Waals surface area contributed by atoms with Gasteiger partial charge in [0, 0.05) is 12.5 Å². The summed E-state index contributed by atoms with van der Waals surface area (Å²) in [5, 5.41) is 2.55. The zero-order valence-electron chi connectivity index (χ0n) is 8.73. The molecule has 1 amide bonds. The number of amides is 1. The fourth-order valence-corrected chi connectivity index (χ4v) is 1.38. The molecule has 4 nitrogen and oxygen atoms in total. The van der Waals surface area contributed by atoms with Crippen LogP contribution in [0.1, 0.15) is 17.3 Å². The van der Waals surface area contributed by atoms with Crippen LogP contribution in [-0.4, -0.2) is 17.9 Å². The molecule has 0 aromatic heterocycles. The molecule has 0 unspecified atom stereocenters. The normalized spacial score (nSPS) is 13.3. The lowest BCUT2D eigenvalue weighted by molar-refractivity contribution is -0.118. The van der Waals surface area contributed by atoms with Gasteiger partial charge in [-0.15, -0.1) is 0 Å². The van der Waals surface area contributed by atoms with E-state index < -0.39 is 0 Å². The molecule has 1 aliphatic heterocycles. The van der Waals surface area contributed by atoms with Crippen LogP contribution < -0.4 is 5.32 Å². The van der Waals surface area contributed by atoms with Crippen molar-refractivity contribution >= 4 is 17.9 Å². The lowest BCUT2D eigenvalue weighted by atomic mass is 10.1. The number of hydrogen-bond donors (Lipinski definition) is 1. The van der Waals surface area contributed by atoms with Crippen molar-refractivity contribution in [3.05, 3.63) is 47.3 Å². The monoisotopic (exact) mass is 214 g/mol. The van der Waals surface area contributed by atoms with Gasteiger partial charge in [0.1, 0.15) is 5.70 Å². The van der Waals surface area contributed by atoms with Crippen molar-refractivity contribution in [2.45, 2.75) is 6.92 Å². The van der Waals surface area contributed by atoms with E-state index in [2.05, 4.69) is 10.3 Å². The molecule has 16 heavy (non-hydrogen) atoms. The summed E-state index contributed by atoms with van der Waals surface area (Å²) in [5.41, 5.74) is 1.36. The second kappa shape index (κ2) is 4.10. The fourth-order valence-electron chi connectivity index (χ4n) is 1.38. The first kappa shape index (κ1) is 10.3. The molecule has 1 aliphatic rings. The lowest BCUT2D eigenvalue weighted by Crippen LogP contribution is -2.27. The van der Waals surface area contributed by atoms with Gasteiger partial charge in [0.05, 0.1) is 11.9 Å². The molecule has 80 valence electrons. The van der Waals surface area contributed by atoms with E-state index in [1.165, 1.54) is 13.1 Å². The molecule has 0 saturated carbocycles. The molecule has 0 spiro atoms. The number of Topliss-reactive ketones (excluding diaryl/α,β-unsaturated/α-hetero) is 1. The zero-order valence-corrected chi connectivity index (χ0v) is 8.73. The van der Waals surface area contributed by atoms with Gasteiger partial charge in [-0.2, -0.15) is 0 Å². The quantitative estimate of drug-likeness (QED) is 0.771. The van der Waals surface area contributed by atoms with E-state index in [0.29, 0.717) is 17.0 Å². The van der Waals surface area contributed by atoms with Crippen molar-refractivity contribution in [3.63, 3.8) is 0 Å². The number of hydrogen-bond acceptors (Lipinski definition) is 3. The third-order valence-corrected chi connectivity index (χ3v) is 2.14. The van der Waals surface area contributed by atoms with E-state index in [1.807, 2.05) is 6.07 Å². The molecule has 0 radical (unpaired) electrons. The Morgan fingerprint density at radius 2 is 1.88 bits per heavy atom. The molecule has 0 saturated heterocycles. The molecule has 0 fully saturated rings. The van der Waals surface area contributed by atoms with Crippen molar-refractivity contribution in [1.29, 1.82) is 0 Å². The summed E-state index contributed by atoms with van der Waals surface area (Å²) in [4.78, 5) is 26.6. The summed E-state index contributed by atoms with van der Waals surface area (Å²) in [6.07, 6.45) is 1.47. The Bertz CT molecular complexity index is 501. The molecule has 1 N–H and O–H groups in total. The molecule has 1 aromatic rings. The highest BCUT2D eigenvalue weighted by atomic mass is 16.1. The van der Waals surface area contributed by atoms with Crippen LogP contribution >= 0.6 is 0 Å². The van der Waals surface area contributed by atoms with E-state index in [1.54, 1.807) is 24.3 Å². The number of nitrogens with zero attached hydrogens (tertiary/aromatic N) is 1. The Morgan fingerprint density at radius 1 is 1.19 bits per heavy atom. The average Bonchev–Trinajstić information content (AvgIpc) is 2.25. The minimum atomic E-state index is -0.209. The van der Waals surface area contributed by atoms with Gasteiger partial charge in [0.15, 0.2) is 0 Å². The molecule has 1 heterocycles. The van der Waals surface area contributed by atoms with Gasteiger partial charge in [-0.05, 0) is 0 Å². The van der Waals surface area contributed by atoms with Gasteiger partial charge in [0.2, 0.25) is 11.7 Å². The van der Waals surface area contributed by atoms with Crippen LogP contribution in [0.3, 0.4) is 0 Å². The number of carbonyl (C=O) groups excluding carboxylic acids is 2. The molecule has 4 heteroatoms. The van der Waals surface area contributed by atoms with Crippen LogP contribution in [0.15, 0.2) is 46.7 Å². The topological polar surface area (TPSA) is 58.5 Å². The van der Waals surface area contributed by atoms with Crippen LogP contribution in [0.25, 0.3) is 0 Å². The maximum atomic E-state index is 11.9. The van der Waals surface area contributed by atoms with E-state index in [-0.39, 0.29) is 11.7 Å². The number of aliphatic imine (C=N–C) groups is 1. The summed E-state index contributed by atoms with van der Waals surface area (Å²) < 4.78 is 0. The van der Waals surface area contributed by atoms with Gasteiger partial charge in [-0.3, -0.25) is 9.59 Å². The van der Waals surface area contributed by atoms with Gasteiger partial charge >= 0.3 is 0 Å². The number of rotatable bonds is 3. The number of carbonyl (C=O) groups is 2. The van der Waals surface area contributed by atoms with Crippen LogP contribution in [0.2, 0.25) is 0 Å². The predicted octanol–water partition coefficient (Wildman–Crippen LogP) is 1.30. The van der Waals surface area contributed by atoms with Crippen molar-refractivity contribution in [1.82, 2.24) is 5.32 Å². The largest absolute Gasteiger partial charge is 0.323 e. The van der Waals surface area contributed by atoms with Gasteiger partial charge in [-0.25, -0.2) is 4.99 Å². The van der Waals surface area contributed by atoms with Crippen molar-refractivity contribution in [2.24, 2.45) is 4.99 Å². The van der Waals surface area contributed by atoms with E-state index in [0.717, 1.165) is 0 Å². The molecule has 0 atom stereocenters. The minimum absolute atomic E-state index is 0.174. The van der Waals surface area contributed by atoms with Crippen LogP contribution in [0, 0.1) is 0 Å². The van der Waals surface area contributed by atoms with Gasteiger partial charge in [0.25, 0.3) is 0 Å². The molecule has 0 aliphatic carbocycles. The molecule has 0 bridgehead atoms. The third-order valence-electron chi connectivity index (χ3n) is 2.14. The fraction of sp³-hybridized carbons (Fsp3) is 0.0833. The summed E-state index contributed by atoms with van der Waals surface area (Å²) in [7, 11) is 0. The van der Waals surface area contributed by atoms with E-state index >= 15 is 0 Å². The highest BCUT2D eigenvalue weighted by Gasteiger charge is 2.21. The number of ketones is 1. The van der Waals surface area contributed by atoms with Crippen molar-refractivity contribution in [3.8, 4) is 0 Å². The first-order chi connectivity index (χ1) is 7.68. The summed E-state index contributed by atoms with van der Waals surface area (Å²) in [6, 6.07) is 8.84. The van der Waals surface area contributed by atoms with Crippen LogP contribution in [-0.2, 0) is 4.79 Å². The zero-order chi connectivity index (χ0) is 11.5. The number of benzene rings is 1. The average molecular weight is 214 g/mol. The van der Waals surface area contributed by atoms with Crippen molar-refractivity contribution < 1.29 is 9.59 Å². The summed E-state index contributed by atoms with van der Waals surface area (Å²) in [5.74, 6) is -0.383. The van der Waals surface area contributed by atoms with E-state index in [4.69, 9.17) is 0 Å². The number of nitrogens with one attached hydrogen (secondary N) is 1. The lowest BCUT2D eigenvalue weighted by Gasteiger charge is -2.14. The van der Waals surface area contributed by atoms with Crippen molar-refractivity contribution in [2.75, 3.05) is 0 Å². The summed E-state index contributed by atoms with van der Waals surface area (Å²) >= 11 is 0. The Balaban J connectivity index is 2.21. The number of allylic oxidation sites excluding steroid dienone is 2.